The molecule has 0 bridgehead atoms. The second-order valence-electron chi connectivity index (χ2n) is 11.6. The van der Waals surface area contributed by atoms with Gasteiger partial charge < -0.3 is 14.4 Å². The van der Waals surface area contributed by atoms with Crippen LogP contribution in [-0.2, 0) is 0 Å². The van der Waals surface area contributed by atoms with Crippen molar-refractivity contribution >= 4 is 55.9 Å². The lowest BCUT2D eigenvalue weighted by Gasteiger charge is -2.26. The number of hydrogen-bond acceptors (Lipinski definition) is 2. The van der Waals surface area contributed by atoms with Crippen molar-refractivity contribution < 1.29 is 0 Å². The molecule has 0 atom stereocenters. The lowest BCUT2D eigenvalue weighted by molar-refractivity contribution is 1.17. The molecule has 8 aromatic rings. The molecule has 0 N–H and O–H groups in total. The largest absolute Gasteiger partial charge is 0.310 e. The molecule has 1 aromatic heterocycles. The highest BCUT2D eigenvalue weighted by Crippen LogP contribution is 2.42. The van der Waals surface area contributed by atoms with Crippen molar-refractivity contribution in [1.82, 2.24) is 4.57 Å². The van der Waals surface area contributed by atoms with E-state index in [1.165, 1.54) is 27.4 Å². The molecule has 0 saturated carbocycles. The van der Waals surface area contributed by atoms with Crippen LogP contribution in [0.1, 0.15) is 5.56 Å². The first-order chi connectivity index (χ1) is 22.7. The number of aryl methyl sites for hydroxylation is 1. The first-order valence-corrected chi connectivity index (χ1v) is 15.7. The standard InChI is InChI=1S/C43H33N3/c1-32-22-24-37(25-23-32)46-42-28-26-38(44(33-14-6-2-7-15-33)34-16-8-3-9-17-34)30-40(42)41-31-39(27-29-43(41)46)45(35-18-10-4-11-19-35)36-20-12-5-13-21-36/h2-31H,1H3. The van der Waals surface area contributed by atoms with E-state index in [0.29, 0.717) is 0 Å². The van der Waals surface area contributed by atoms with Gasteiger partial charge in [-0.1, -0.05) is 90.5 Å². The Hall–Kier alpha value is -6.06. The Balaban J connectivity index is 1.39. The van der Waals surface area contributed by atoms with Gasteiger partial charge in [-0.3, -0.25) is 0 Å². The van der Waals surface area contributed by atoms with Gasteiger partial charge in [0.15, 0.2) is 0 Å². The highest BCUT2D eigenvalue weighted by molar-refractivity contribution is 6.12. The molecule has 220 valence electrons. The van der Waals surface area contributed by atoms with Crippen LogP contribution < -0.4 is 9.80 Å². The minimum absolute atomic E-state index is 1.11. The maximum Gasteiger partial charge on any atom is 0.0542 e. The Bertz CT molecular complexity index is 2020. The molecule has 0 aliphatic carbocycles. The maximum absolute atomic E-state index is 2.39. The molecule has 0 amide bonds. The van der Waals surface area contributed by atoms with Crippen LogP contribution in [0.5, 0.6) is 0 Å². The van der Waals surface area contributed by atoms with E-state index >= 15 is 0 Å². The third kappa shape index (κ3) is 4.98. The van der Waals surface area contributed by atoms with E-state index in [1.807, 2.05) is 0 Å². The van der Waals surface area contributed by atoms with Crippen LogP contribution >= 0.6 is 0 Å². The van der Waals surface area contributed by atoms with E-state index in [-0.39, 0.29) is 0 Å². The summed E-state index contributed by atoms with van der Waals surface area (Å²) in [7, 11) is 0. The molecular formula is C43H33N3. The van der Waals surface area contributed by atoms with Crippen LogP contribution in [0.25, 0.3) is 27.5 Å². The molecular weight excluding hydrogens is 558 g/mol. The van der Waals surface area contributed by atoms with E-state index in [4.69, 9.17) is 0 Å². The first-order valence-electron chi connectivity index (χ1n) is 15.7. The molecule has 0 fully saturated rings. The summed E-state index contributed by atoms with van der Waals surface area (Å²) in [4.78, 5) is 4.66. The highest BCUT2D eigenvalue weighted by atomic mass is 15.1. The highest BCUT2D eigenvalue weighted by Gasteiger charge is 2.19. The molecule has 0 saturated heterocycles. The SMILES string of the molecule is Cc1ccc(-n2c3ccc(N(c4ccccc4)c4ccccc4)cc3c3cc(N(c4ccccc4)c4ccccc4)ccc32)cc1. The van der Waals surface area contributed by atoms with Gasteiger partial charge in [0, 0.05) is 50.6 Å². The average molecular weight is 592 g/mol. The van der Waals surface area contributed by atoms with Crippen LogP contribution in [0.2, 0.25) is 0 Å². The second kappa shape index (κ2) is 11.8. The number of anilines is 6. The van der Waals surface area contributed by atoms with Crippen molar-refractivity contribution in [1.29, 1.82) is 0 Å². The predicted molar refractivity (Wildman–Crippen MR) is 195 cm³/mol. The summed E-state index contributed by atoms with van der Waals surface area (Å²) in [5, 5.41) is 2.40. The molecule has 0 spiro atoms. The predicted octanol–water partition coefficient (Wildman–Crippen LogP) is 12.0. The van der Waals surface area contributed by atoms with Gasteiger partial charge in [0.1, 0.15) is 0 Å². The van der Waals surface area contributed by atoms with Gasteiger partial charge in [-0.15, -0.1) is 0 Å². The molecule has 0 aliphatic heterocycles. The van der Waals surface area contributed by atoms with Crippen LogP contribution in [-0.4, -0.2) is 4.57 Å². The summed E-state index contributed by atoms with van der Waals surface area (Å²) in [5.74, 6) is 0. The summed E-state index contributed by atoms with van der Waals surface area (Å²) >= 11 is 0. The minimum Gasteiger partial charge on any atom is -0.310 e. The van der Waals surface area contributed by atoms with Crippen molar-refractivity contribution in [3.8, 4) is 5.69 Å². The summed E-state index contributed by atoms with van der Waals surface area (Å²) in [6.45, 7) is 2.14. The number of hydrogen-bond donors (Lipinski definition) is 0. The monoisotopic (exact) mass is 591 g/mol. The topological polar surface area (TPSA) is 11.4 Å². The minimum atomic E-state index is 1.11. The Kier molecular flexibility index (Phi) is 7.05. The molecule has 0 unspecified atom stereocenters. The lowest BCUT2D eigenvalue weighted by Crippen LogP contribution is -2.09. The Labute approximate surface area is 269 Å². The van der Waals surface area contributed by atoms with Crippen LogP contribution in [0.15, 0.2) is 182 Å². The van der Waals surface area contributed by atoms with E-state index in [9.17, 15) is 0 Å². The number of aromatic nitrogens is 1. The summed E-state index contributed by atoms with van der Waals surface area (Å²) in [6.07, 6.45) is 0. The molecule has 0 radical (unpaired) electrons. The number of fused-ring (bicyclic) bond motifs is 3. The fourth-order valence-corrected chi connectivity index (χ4v) is 6.45. The number of rotatable bonds is 7. The van der Waals surface area contributed by atoms with Gasteiger partial charge in [-0.05, 0) is 104 Å². The molecule has 7 aromatic carbocycles. The zero-order valence-corrected chi connectivity index (χ0v) is 25.7. The average Bonchev–Trinajstić information content (AvgIpc) is 3.44. The Morgan fingerprint density at radius 3 is 1.04 bits per heavy atom. The van der Waals surface area contributed by atoms with Gasteiger partial charge in [0.05, 0.1) is 11.0 Å². The van der Waals surface area contributed by atoms with Gasteiger partial charge in [-0.2, -0.15) is 0 Å². The summed E-state index contributed by atoms with van der Waals surface area (Å²) in [5.41, 5.74) is 11.5. The molecule has 8 rings (SSSR count). The van der Waals surface area contributed by atoms with E-state index in [2.05, 4.69) is 203 Å². The van der Waals surface area contributed by atoms with Gasteiger partial charge in [0.25, 0.3) is 0 Å². The Morgan fingerprint density at radius 2 is 0.696 bits per heavy atom. The van der Waals surface area contributed by atoms with E-state index in [0.717, 1.165) is 39.8 Å². The molecule has 0 aliphatic rings. The number of para-hydroxylation sites is 4. The third-order valence-corrected chi connectivity index (χ3v) is 8.60. The second-order valence-corrected chi connectivity index (χ2v) is 11.6. The maximum atomic E-state index is 2.39. The van der Waals surface area contributed by atoms with E-state index < -0.39 is 0 Å². The van der Waals surface area contributed by atoms with Crippen LogP contribution in [0.4, 0.5) is 34.1 Å². The summed E-state index contributed by atoms with van der Waals surface area (Å²) < 4.78 is 2.39. The normalized spacial score (nSPS) is 11.2. The van der Waals surface area contributed by atoms with Gasteiger partial charge in [0.2, 0.25) is 0 Å². The van der Waals surface area contributed by atoms with Crippen LogP contribution in [0, 0.1) is 6.92 Å². The van der Waals surface area contributed by atoms with Gasteiger partial charge >= 0.3 is 0 Å². The fourth-order valence-electron chi connectivity index (χ4n) is 6.45. The molecule has 46 heavy (non-hydrogen) atoms. The van der Waals surface area contributed by atoms with Crippen molar-refractivity contribution in [2.75, 3.05) is 9.80 Å². The number of nitrogens with zero attached hydrogens (tertiary/aromatic N) is 3. The fraction of sp³-hybridized carbons (Fsp3) is 0.0233. The van der Waals surface area contributed by atoms with Crippen molar-refractivity contribution in [3.05, 3.63) is 188 Å². The molecule has 3 nitrogen and oxygen atoms in total. The smallest absolute Gasteiger partial charge is 0.0542 e. The molecule has 1 heterocycles. The zero-order chi connectivity index (χ0) is 30.9. The van der Waals surface area contributed by atoms with Crippen molar-refractivity contribution in [2.24, 2.45) is 0 Å². The first kappa shape index (κ1) is 27.5. The lowest BCUT2D eigenvalue weighted by atomic mass is 10.1. The quantitative estimate of drug-likeness (QED) is 0.183. The van der Waals surface area contributed by atoms with Gasteiger partial charge in [-0.25, -0.2) is 0 Å². The molecule has 3 heteroatoms. The van der Waals surface area contributed by atoms with Crippen molar-refractivity contribution in [3.63, 3.8) is 0 Å². The zero-order valence-electron chi connectivity index (χ0n) is 25.7. The summed E-state index contributed by atoms with van der Waals surface area (Å²) in [6, 6.07) is 65.0. The van der Waals surface area contributed by atoms with Crippen LogP contribution in [0.3, 0.4) is 0 Å². The van der Waals surface area contributed by atoms with Crippen molar-refractivity contribution in [2.45, 2.75) is 6.92 Å². The number of benzene rings is 7. The van der Waals surface area contributed by atoms with E-state index in [1.54, 1.807) is 0 Å². The third-order valence-electron chi connectivity index (χ3n) is 8.60. The Morgan fingerprint density at radius 1 is 0.348 bits per heavy atom.